The van der Waals surface area contributed by atoms with Gasteiger partial charge < -0.3 is 9.64 Å². The number of thiophene rings is 1. The number of ether oxygens (including phenoxy) is 1. The topological polar surface area (TPSA) is 29.5 Å². The number of alkyl halides is 1. The highest BCUT2D eigenvalue weighted by Gasteiger charge is 2.26. The van der Waals surface area contributed by atoms with Crippen LogP contribution in [0.15, 0.2) is 6.07 Å². The molecule has 0 saturated carbocycles. The summed E-state index contributed by atoms with van der Waals surface area (Å²) in [5.74, 6) is 2.99. The fourth-order valence-electron chi connectivity index (χ4n) is 2.85. The summed E-state index contributed by atoms with van der Waals surface area (Å²) in [6, 6.07) is 2.12. The quantitative estimate of drug-likeness (QED) is 0.783. The van der Waals surface area contributed by atoms with E-state index < -0.39 is 0 Å². The van der Waals surface area contributed by atoms with Gasteiger partial charge in [0.15, 0.2) is 0 Å². The van der Waals surface area contributed by atoms with E-state index in [0.717, 1.165) is 43.0 Å². The van der Waals surface area contributed by atoms with E-state index in [9.17, 15) is 4.79 Å². The lowest BCUT2D eigenvalue weighted by molar-refractivity contribution is 0.0155. The van der Waals surface area contributed by atoms with E-state index >= 15 is 0 Å². The van der Waals surface area contributed by atoms with Crippen molar-refractivity contribution in [2.45, 2.75) is 31.1 Å². The number of aryl methyl sites for hydroxylation is 1. The number of amides is 1. The molecule has 1 amide bonds. The molecule has 3 nitrogen and oxygen atoms in total. The maximum atomic E-state index is 12.6. The predicted octanol–water partition coefficient (Wildman–Crippen LogP) is 3.40. The van der Waals surface area contributed by atoms with Crippen LogP contribution in [0, 0.1) is 0 Å². The van der Waals surface area contributed by atoms with Gasteiger partial charge >= 0.3 is 0 Å². The van der Waals surface area contributed by atoms with E-state index in [2.05, 4.69) is 6.07 Å². The number of piperidine rings is 1. The summed E-state index contributed by atoms with van der Waals surface area (Å²) in [5.41, 5.74) is 1.37. The average Bonchev–Trinajstić information content (AvgIpc) is 2.96. The van der Waals surface area contributed by atoms with Gasteiger partial charge in [-0.3, -0.25) is 4.79 Å². The Morgan fingerprint density at radius 1 is 1.43 bits per heavy atom. The fourth-order valence-corrected chi connectivity index (χ4v) is 5.27. The molecular formula is C15H20ClNO2S2. The molecule has 0 bridgehead atoms. The summed E-state index contributed by atoms with van der Waals surface area (Å²) in [5, 5.41) is 0. The van der Waals surface area contributed by atoms with Gasteiger partial charge in [-0.1, -0.05) is 0 Å². The lowest BCUT2D eigenvalue weighted by Crippen LogP contribution is -2.40. The smallest absolute Gasteiger partial charge is 0.263 e. The molecule has 3 heterocycles. The molecule has 1 saturated heterocycles. The van der Waals surface area contributed by atoms with E-state index in [1.165, 1.54) is 16.2 Å². The van der Waals surface area contributed by atoms with Crippen LogP contribution < -0.4 is 0 Å². The molecule has 0 atom stereocenters. The van der Waals surface area contributed by atoms with Crippen molar-refractivity contribution in [2.24, 2.45) is 0 Å². The third-order valence-corrected chi connectivity index (χ3v) is 6.39. The molecule has 0 spiro atoms. The average molecular weight is 346 g/mol. The Morgan fingerprint density at radius 3 is 2.95 bits per heavy atom. The van der Waals surface area contributed by atoms with Crippen LogP contribution in [0.3, 0.4) is 0 Å². The van der Waals surface area contributed by atoms with Crippen molar-refractivity contribution in [3.63, 3.8) is 0 Å². The summed E-state index contributed by atoms with van der Waals surface area (Å²) in [7, 11) is 0. The van der Waals surface area contributed by atoms with Crippen molar-refractivity contribution in [1.82, 2.24) is 4.90 Å². The van der Waals surface area contributed by atoms with Crippen LogP contribution in [0.4, 0.5) is 0 Å². The molecule has 1 aromatic heterocycles. The zero-order valence-electron chi connectivity index (χ0n) is 12.0. The van der Waals surface area contributed by atoms with Gasteiger partial charge in [0, 0.05) is 29.6 Å². The standard InChI is InChI=1S/C15H20ClNO2S2/c16-4-7-19-12-1-5-17(6-2-12)15(18)14-9-11-10-20-8-3-13(11)21-14/h9,12H,1-8,10H2. The van der Waals surface area contributed by atoms with Gasteiger partial charge in [0.1, 0.15) is 0 Å². The van der Waals surface area contributed by atoms with Crippen molar-refractivity contribution in [3.05, 3.63) is 21.4 Å². The minimum absolute atomic E-state index is 0.204. The third-order valence-electron chi connectivity index (χ3n) is 4.00. The summed E-state index contributed by atoms with van der Waals surface area (Å²) < 4.78 is 5.66. The summed E-state index contributed by atoms with van der Waals surface area (Å²) in [6.45, 7) is 2.20. The van der Waals surface area contributed by atoms with Crippen molar-refractivity contribution in [1.29, 1.82) is 0 Å². The van der Waals surface area contributed by atoms with Crippen molar-refractivity contribution < 1.29 is 9.53 Å². The highest BCUT2D eigenvalue weighted by Crippen LogP contribution is 2.32. The molecule has 0 unspecified atom stereocenters. The molecule has 116 valence electrons. The molecule has 2 aliphatic rings. The van der Waals surface area contributed by atoms with E-state index in [0.29, 0.717) is 12.5 Å². The molecule has 3 rings (SSSR count). The molecule has 0 N–H and O–H groups in total. The third kappa shape index (κ3) is 3.76. The maximum absolute atomic E-state index is 12.6. The van der Waals surface area contributed by atoms with Crippen molar-refractivity contribution in [2.75, 3.05) is 31.3 Å². The van der Waals surface area contributed by atoms with Crippen molar-refractivity contribution >= 4 is 40.6 Å². The fraction of sp³-hybridized carbons (Fsp3) is 0.667. The summed E-state index contributed by atoms with van der Waals surface area (Å²) >= 11 is 9.30. The second-order valence-electron chi connectivity index (χ2n) is 5.41. The van der Waals surface area contributed by atoms with Crippen LogP contribution in [-0.2, 0) is 16.9 Å². The first-order valence-corrected chi connectivity index (χ1v) is 9.94. The number of rotatable bonds is 4. The van der Waals surface area contributed by atoms with Crippen LogP contribution in [0.2, 0.25) is 0 Å². The number of thioether (sulfide) groups is 1. The minimum atomic E-state index is 0.204. The second kappa shape index (κ2) is 7.36. The first-order valence-electron chi connectivity index (χ1n) is 7.44. The summed E-state index contributed by atoms with van der Waals surface area (Å²) in [6.07, 6.45) is 3.22. The van der Waals surface area contributed by atoms with Crippen LogP contribution in [-0.4, -0.2) is 48.2 Å². The minimum Gasteiger partial charge on any atom is -0.377 e. The molecule has 1 aromatic rings. The monoisotopic (exact) mass is 345 g/mol. The number of likely N-dealkylation sites (tertiary alicyclic amines) is 1. The highest BCUT2D eigenvalue weighted by molar-refractivity contribution is 7.98. The van der Waals surface area contributed by atoms with Gasteiger partial charge in [-0.05, 0) is 36.6 Å². The van der Waals surface area contributed by atoms with E-state index in [1.54, 1.807) is 11.3 Å². The molecule has 21 heavy (non-hydrogen) atoms. The summed E-state index contributed by atoms with van der Waals surface area (Å²) in [4.78, 5) is 16.9. The molecule has 0 aliphatic carbocycles. The van der Waals surface area contributed by atoms with Crippen LogP contribution in [0.5, 0.6) is 0 Å². The second-order valence-corrected chi connectivity index (χ2v) is 8.03. The Balaban J connectivity index is 1.57. The van der Waals surface area contributed by atoms with Crippen LogP contribution in [0.25, 0.3) is 0 Å². The molecular weight excluding hydrogens is 326 g/mol. The first-order chi connectivity index (χ1) is 10.3. The Labute approximate surface area is 139 Å². The van der Waals surface area contributed by atoms with E-state index in [-0.39, 0.29) is 12.0 Å². The zero-order chi connectivity index (χ0) is 14.7. The SMILES string of the molecule is O=C(c1cc2c(s1)CCSC2)N1CCC(OCCCl)CC1. The van der Waals surface area contributed by atoms with E-state index in [1.807, 2.05) is 16.7 Å². The number of carbonyl (C=O) groups is 1. The maximum Gasteiger partial charge on any atom is 0.263 e. The van der Waals surface area contributed by atoms with Gasteiger partial charge in [-0.2, -0.15) is 11.8 Å². The van der Waals surface area contributed by atoms with E-state index in [4.69, 9.17) is 16.3 Å². The number of hydrogen-bond acceptors (Lipinski definition) is 4. The number of nitrogens with zero attached hydrogens (tertiary/aromatic N) is 1. The lowest BCUT2D eigenvalue weighted by Gasteiger charge is -2.31. The van der Waals surface area contributed by atoms with Crippen molar-refractivity contribution in [3.8, 4) is 0 Å². The van der Waals surface area contributed by atoms with Crippen LogP contribution in [0.1, 0.15) is 33.0 Å². The Hall–Kier alpha value is -0.230. The lowest BCUT2D eigenvalue weighted by atomic mass is 10.1. The number of hydrogen-bond donors (Lipinski definition) is 0. The van der Waals surface area contributed by atoms with Gasteiger partial charge in [0.2, 0.25) is 0 Å². The molecule has 0 aromatic carbocycles. The Bertz CT molecular complexity index is 474. The number of fused-ring (bicyclic) bond motifs is 1. The van der Waals surface area contributed by atoms with Gasteiger partial charge in [0.05, 0.1) is 17.6 Å². The number of carbonyl (C=O) groups excluding carboxylic acids is 1. The Morgan fingerprint density at radius 2 is 2.24 bits per heavy atom. The predicted molar refractivity (Wildman–Crippen MR) is 89.8 cm³/mol. The molecule has 0 radical (unpaired) electrons. The Kier molecular flexibility index (Phi) is 5.49. The molecule has 6 heteroatoms. The van der Waals surface area contributed by atoms with Gasteiger partial charge in [0.25, 0.3) is 5.91 Å². The highest BCUT2D eigenvalue weighted by atomic mass is 35.5. The largest absolute Gasteiger partial charge is 0.377 e. The zero-order valence-corrected chi connectivity index (χ0v) is 14.4. The first kappa shape index (κ1) is 15.7. The van der Waals surface area contributed by atoms with Crippen LogP contribution >= 0.6 is 34.7 Å². The van der Waals surface area contributed by atoms with Gasteiger partial charge in [-0.25, -0.2) is 0 Å². The molecule has 2 aliphatic heterocycles. The normalized spacial score (nSPS) is 19.6. The molecule has 1 fully saturated rings. The van der Waals surface area contributed by atoms with Gasteiger partial charge in [-0.15, -0.1) is 22.9 Å². The number of halogens is 1.